The molecule has 0 heterocycles. The molecule has 5 heteroatoms. The SMILES string of the molecule is CCCCc1ccc(C2CCc3c(ccc(C#Cc4ccc(OC(F)(F)F)cc4)c3F)C2)cc1. The van der Waals surface area contributed by atoms with Crippen LogP contribution in [0.5, 0.6) is 5.75 Å². The maximum Gasteiger partial charge on any atom is 0.573 e. The molecule has 3 aromatic rings. The molecule has 34 heavy (non-hydrogen) atoms. The van der Waals surface area contributed by atoms with Crippen LogP contribution in [0.3, 0.4) is 0 Å². The molecule has 176 valence electrons. The van der Waals surface area contributed by atoms with Crippen LogP contribution in [0.15, 0.2) is 60.7 Å². The molecular weight excluding hydrogens is 440 g/mol. The lowest BCUT2D eigenvalue weighted by Crippen LogP contribution is -2.16. The lowest BCUT2D eigenvalue weighted by Gasteiger charge is -2.26. The van der Waals surface area contributed by atoms with Gasteiger partial charge in [-0.05, 0) is 90.6 Å². The van der Waals surface area contributed by atoms with Gasteiger partial charge >= 0.3 is 6.36 Å². The molecule has 1 nitrogen and oxygen atoms in total. The summed E-state index contributed by atoms with van der Waals surface area (Å²) < 4.78 is 55.9. The van der Waals surface area contributed by atoms with Gasteiger partial charge < -0.3 is 4.74 Å². The molecular formula is C29H26F4O. The van der Waals surface area contributed by atoms with Gasteiger partial charge in [-0.1, -0.05) is 55.5 Å². The first-order valence-corrected chi connectivity index (χ1v) is 11.6. The molecule has 0 aliphatic heterocycles. The fourth-order valence-electron chi connectivity index (χ4n) is 4.41. The third-order valence-electron chi connectivity index (χ3n) is 6.25. The van der Waals surface area contributed by atoms with Crippen LogP contribution < -0.4 is 4.74 Å². The number of benzene rings is 3. The second-order valence-electron chi connectivity index (χ2n) is 8.67. The number of ether oxygens (including phenoxy) is 1. The Balaban J connectivity index is 1.45. The van der Waals surface area contributed by atoms with Crippen molar-refractivity contribution in [1.82, 2.24) is 0 Å². The molecule has 4 rings (SSSR count). The standard InChI is InChI=1S/C29H26F4O/c1-2-3-4-20-5-10-22(11-6-20)24-15-18-27-25(19-24)14-13-23(28(27)30)12-7-21-8-16-26(17-9-21)34-29(31,32)33/h5-6,8-11,13-14,16-17,24H,2-4,15,18-19H2,1H3. The van der Waals surface area contributed by atoms with Crippen molar-refractivity contribution in [3.05, 3.63) is 99.9 Å². The van der Waals surface area contributed by atoms with Crippen LogP contribution in [0.1, 0.15) is 65.5 Å². The molecule has 1 atom stereocenters. The minimum Gasteiger partial charge on any atom is -0.406 e. The van der Waals surface area contributed by atoms with Gasteiger partial charge in [-0.25, -0.2) is 4.39 Å². The van der Waals surface area contributed by atoms with E-state index < -0.39 is 6.36 Å². The maximum atomic E-state index is 15.2. The molecule has 0 N–H and O–H groups in total. The number of rotatable bonds is 5. The first kappa shape index (κ1) is 23.9. The van der Waals surface area contributed by atoms with Crippen molar-refractivity contribution in [2.24, 2.45) is 0 Å². The molecule has 3 aromatic carbocycles. The smallest absolute Gasteiger partial charge is 0.406 e. The largest absolute Gasteiger partial charge is 0.573 e. The molecule has 0 saturated carbocycles. The molecule has 0 aromatic heterocycles. The van der Waals surface area contributed by atoms with Crippen molar-refractivity contribution in [3.63, 3.8) is 0 Å². The van der Waals surface area contributed by atoms with Crippen LogP contribution in [-0.4, -0.2) is 6.36 Å². The summed E-state index contributed by atoms with van der Waals surface area (Å²) in [6.45, 7) is 2.19. The van der Waals surface area contributed by atoms with E-state index in [2.05, 4.69) is 47.8 Å². The monoisotopic (exact) mass is 466 g/mol. The van der Waals surface area contributed by atoms with Gasteiger partial charge in [0.1, 0.15) is 11.6 Å². The number of unbranched alkanes of at least 4 members (excludes halogenated alkanes) is 1. The minimum atomic E-state index is -4.74. The van der Waals surface area contributed by atoms with E-state index in [9.17, 15) is 13.2 Å². The van der Waals surface area contributed by atoms with Crippen LogP contribution in [0.4, 0.5) is 17.6 Å². The summed E-state index contributed by atoms with van der Waals surface area (Å²) in [5.74, 6) is 5.41. The first-order chi connectivity index (χ1) is 16.3. The van der Waals surface area contributed by atoms with E-state index in [4.69, 9.17) is 0 Å². The number of fused-ring (bicyclic) bond motifs is 1. The number of aryl methyl sites for hydroxylation is 1. The molecule has 1 unspecified atom stereocenters. The highest BCUT2D eigenvalue weighted by Crippen LogP contribution is 2.35. The normalized spacial score (nSPS) is 15.3. The van der Waals surface area contributed by atoms with Gasteiger partial charge in [-0.15, -0.1) is 13.2 Å². The summed E-state index contributed by atoms with van der Waals surface area (Å²) in [7, 11) is 0. The topological polar surface area (TPSA) is 9.23 Å². The van der Waals surface area contributed by atoms with Gasteiger partial charge in [0.15, 0.2) is 0 Å². The van der Waals surface area contributed by atoms with Gasteiger partial charge in [0, 0.05) is 5.56 Å². The fraction of sp³-hybridized carbons (Fsp3) is 0.310. The summed E-state index contributed by atoms with van der Waals surface area (Å²) in [5.41, 5.74) is 5.17. The van der Waals surface area contributed by atoms with E-state index in [1.807, 2.05) is 6.07 Å². The van der Waals surface area contributed by atoms with E-state index in [1.165, 1.54) is 48.2 Å². The fourth-order valence-corrected chi connectivity index (χ4v) is 4.41. The zero-order valence-corrected chi connectivity index (χ0v) is 19.0. The van der Waals surface area contributed by atoms with Crippen molar-refractivity contribution in [2.45, 2.75) is 57.7 Å². The van der Waals surface area contributed by atoms with Crippen LogP contribution >= 0.6 is 0 Å². The predicted octanol–water partition coefficient (Wildman–Crippen LogP) is 7.74. The molecule has 0 amide bonds. The highest BCUT2D eigenvalue weighted by molar-refractivity contribution is 5.48. The van der Waals surface area contributed by atoms with Crippen molar-refractivity contribution in [1.29, 1.82) is 0 Å². The lowest BCUT2D eigenvalue weighted by molar-refractivity contribution is -0.274. The van der Waals surface area contributed by atoms with Gasteiger partial charge in [0.2, 0.25) is 0 Å². The van der Waals surface area contributed by atoms with E-state index in [1.54, 1.807) is 6.07 Å². The van der Waals surface area contributed by atoms with Crippen LogP contribution in [-0.2, 0) is 19.3 Å². The zero-order valence-electron chi connectivity index (χ0n) is 19.0. The summed E-state index contributed by atoms with van der Waals surface area (Å²) >= 11 is 0. The van der Waals surface area contributed by atoms with Crippen molar-refractivity contribution in [3.8, 4) is 17.6 Å². The molecule has 0 radical (unpaired) electrons. The first-order valence-electron chi connectivity index (χ1n) is 11.6. The Labute approximate surface area is 197 Å². The highest BCUT2D eigenvalue weighted by atomic mass is 19.4. The second kappa shape index (κ2) is 10.3. The molecule has 0 spiro atoms. The molecule has 0 saturated heterocycles. The summed E-state index contributed by atoms with van der Waals surface area (Å²) in [6.07, 6.45) is 1.08. The summed E-state index contributed by atoms with van der Waals surface area (Å²) in [5, 5.41) is 0. The summed E-state index contributed by atoms with van der Waals surface area (Å²) in [4.78, 5) is 0. The Morgan fingerprint density at radius 2 is 1.68 bits per heavy atom. The maximum absolute atomic E-state index is 15.2. The third-order valence-corrected chi connectivity index (χ3v) is 6.25. The van der Waals surface area contributed by atoms with Gasteiger partial charge in [0.25, 0.3) is 0 Å². The van der Waals surface area contributed by atoms with Crippen LogP contribution in [0, 0.1) is 17.7 Å². The van der Waals surface area contributed by atoms with Crippen molar-refractivity contribution < 1.29 is 22.3 Å². The molecule has 0 fully saturated rings. The van der Waals surface area contributed by atoms with Crippen molar-refractivity contribution >= 4 is 0 Å². The van der Waals surface area contributed by atoms with Crippen LogP contribution in [0.25, 0.3) is 0 Å². The Bertz CT molecular complexity index is 1180. The van der Waals surface area contributed by atoms with E-state index in [-0.39, 0.29) is 11.6 Å². The number of halogens is 4. The second-order valence-corrected chi connectivity index (χ2v) is 8.67. The molecule has 0 bridgehead atoms. The average molecular weight is 467 g/mol. The Kier molecular flexibility index (Phi) is 7.26. The van der Waals surface area contributed by atoms with Crippen LogP contribution in [0.2, 0.25) is 0 Å². The summed E-state index contributed by atoms with van der Waals surface area (Å²) in [6, 6.07) is 17.7. The Morgan fingerprint density at radius 3 is 2.35 bits per heavy atom. The van der Waals surface area contributed by atoms with Gasteiger partial charge in [-0.3, -0.25) is 0 Å². The van der Waals surface area contributed by atoms with E-state index >= 15 is 4.39 Å². The third kappa shape index (κ3) is 5.99. The lowest BCUT2D eigenvalue weighted by atomic mass is 9.79. The highest BCUT2D eigenvalue weighted by Gasteiger charge is 2.31. The van der Waals surface area contributed by atoms with Gasteiger partial charge in [-0.2, -0.15) is 0 Å². The Morgan fingerprint density at radius 1 is 0.941 bits per heavy atom. The van der Waals surface area contributed by atoms with Crippen molar-refractivity contribution in [2.75, 3.05) is 0 Å². The minimum absolute atomic E-state index is 0.296. The predicted molar refractivity (Wildman–Crippen MR) is 125 cm³/mol. The number of hydrogen-bond acceptors (Lipinski definition) is 1. The quantitative estimate of drug-likeness (QED) is 0.276. The van der Waals surface area contributed by atoms with E-state index in [0.717, 1.165) is 30.4 Å². The van der Waals surface area contributed by atoms with E-state index in [0.29, 0.717) is 23.5 Å². The number of hydrogen-bond donors (Lipinski definition) is 0. The Hall–Kier alpha value is -3.26. The molecule has 1 aliphatic rings. The number of alkyl halides is 3. The average Bonchev–Trinajstić information content (AvgIpc) is 2.82. The zero-order chi connectivity index (χ0) is 24.1. The van der Waals surface area contributed by atoms with Gasteiger partial charge in [0.05, 0.1) is 5.56 Å². The molecule has 1 aliphatic carbocycles.